The third-order valence-electron chi connectivity index (χ3n) is 1.74. The van der Waals surface area contributed by atoms with Crippen LogP contribution in [0.4, 0.5) is 0 Å². The molecule has 1 nitrogen and oxygen atoms in total. The third-order valence-corrected chi connectivity index (χ3v) is 3.58. The SMILES string of the molecule is CCc1ccc(CC(=O)CSC)s1. The van der Waals surface area contributed by atoms with Gasteiger partial charge in [-0.15, -0.1) is 11.3 Å². The summed E-state index contributed by atoms with van der Waals surface area (Å²) in [6.45, 7) is 2.14. The molecule has 1 aromatic rings. The fourth-order valence-electron chi connectivity index (χ4n) is 1.11. The molecular formula is C10H14OS2. The van der Waals surface area contributed by atoms with Crippen molar-refractivity contribution < 1.29 is 4.79 Å². The van der Waals surface area contributed by atoms with Gasteiger partial charge >= 0.3 is 0 Å². The number of carbonyl (C=O) groups is 1. The van der Waals surface area contributed by atoms with E-state index in [-0.39, 0.29) is 0 Å². The highest BCUT2D eigenvalue weighted by Crippen LogP contribution is 2.17. The van der Waals surface area contributed by atoms with E-state index in [0.29, 0.717) is 18.0 Å². The Hall–Kier alpha value is -0.280. The van der Waals surface area contributed by atoms with Gasteiger partial charge in [-0.05, 0) is 24.8 Å². The first-order chi connectivity index (χ1) is 6.26. The van der Waals surface area contributed by atoms with Gasteiger partial charge < -0.3 is 0 Å². The minimum absolute atomic E-state index is 0.331. The van der Waals surface area contributed by atoms with E-state index in [1.54, 1.807) is 23.1 Å². The lowest BCUT2D eigenvalue weighted by molar-refractivity contribution is -0.115. The highest BCUT2D eigenvalue weighted by Gasteiger charge is 2.04. The second-order valence-electron chi connectivity index (χ2n) is 2.87. The van der Waals surface area contributed by atoms with Gasteiger partial charge in [0.25, 0.3) is 0 Å². The van der Waals surface area contributed by atoms with E-state index in [0.717, 1.165) is 6.42 Å². The first-order valence-corrected chi connectivity index (χ1v) is 6.55. The quantitative estimate of drug-likeness (QED) is 0.749. The first kappa shape index (κ1) is 10.8. The summed E-state index contributed by atoms with van der Waals surface area (Å²) in [5, 5.41) is 0. The molecule has 13 heavy (non-hydrogen) atoms. The van der Waals surface area contributed by atoms with Crippen LogP contribution in [0.5, 0.6) is 0 Å². The summed E-state index contributed by atoms with van der Waals surface area (Å²) in [5.41, 5.74) is 0. The minimum atomic E-state index is 0.331. The molecule has 0 fully saturated rings. The van der Waals surface area contributed by atoms with Gasteiger partial charge in [0, 0.05) is 16.2 Å². The molecule has 0 aliphatic heterocycles. The predicted octanol–water partition coefficient (Wildman–Crippen LogP) is 2.79. The fourth-order valence-corrected chi connectivity index (χ4v) is 2.52. The average Bonchev–Trinajstić information content (AvgIpc) is 2.52. The zero-order valence-corrected chi connectivity index (χ0v) is 9.63. The number of carbonyl (C=O) groups excluding carboxylic acids is 1. The van der Waals surface area contributed by atoms with Crippen molar-refractivity contribution in [3.8, 4) is 0 Å². The summed E-state index contributed by atoms with van der Waals surface area (Å²) in [4.78, 5) is 13.9. The molecule has 0 aliphatic rings. The molecule has 72 valence electrons. The van der Waals surface area contributed by atoms with Crippen LogP contribution in [-0.2, 0) is 17.6 Å². The Balaban J connectivity index is 2.49. The number of Topliss-reactive ketones (excluding diaryl/α,β-unsaturated/α-hetero) is 1. The monoisotopic (exact) mass is 214 g/mol. The van der Waals surface area contributed by atoms with Crippen LogP contribution in [0.2, 0.25) is 0 Å². The molecule has 1 rings (SSSR count). The number of thioether (sulfide) groups is 1. The lowest BCUT2D eigenvalue weighted by Crippen LogP contribution is -2.03. The minimum Gasteiger partial charge on any atom is -0.298 e. The van der Waals surface area contributed by atoms with Gasteiger partial charge in [-0.25, -0.2) is 0 Å². The second-order valence-corrected chi connectivity index (χ2v) is 4.99. The molecular weight excluding hydrogens is 200 g/mol. The van der Waals surface area contributed by atoms with Crippen molar-refractivity contribution in [1.82, 2.24) is 0 Å². The van der Waals surface area contributed by atoms with Crippen molar-refractivity contribution in [3.63, 3.8) is 0 Å². The van der Waals surface area contributed by atoms with Gasteiger partial charge in [-0.2, -0.15) is 11.8 Å². The van der Waals surface area contributed by atoms with Crippen molar-refractivity contribution in [3.05, 3.63) is 21.9 Å². The Morgan fingerprint density at radius 2 is 2.15 bits per heavy atom. The Morgan fingerprint density at radius 1 is 1.46 bits per heavy atom. The Kier molecular flexibility index (Phi) is 4.53. The first-order valence-electron chi connectivity index (χ1n) is 4.34. The van der Waals surface area contributed by atoms with Crippen molar-refractivity contribution in [2.75, 3.05) is 12.0 Å². The standard InChI is InChI=1S/C10H14OS2/c1-3-9-4-5-10(13-9)6-8(11)7-12-2/h4-5H,3,6-7H2,1-2H3. The Labute approximate surface area is 87.5 Å². The van der Waals surface area contributed by atoms with Crippen LogP contribution in [0.25, 0.3) is 0 Å². The highest BCUT2D eigenvalue weighted by molar-refractivity contribution is 7.99. The zero-order chi connectivity index (χ0) is 9.68. The number of ketones is 1. The molecule has 0 saturated carbocycles. The maximum Gasteiger partial charge on any atom is 0.147 e. The van der Waals surface area contributed by atoms with Crippen LogP contribution in [-0.4, -0.2) is 17.8 Å². The molecule has 0 atom stereocenters. The maximum atomic E-state index is 11.3. The smallest absolute Gasteiger partial charge is 0.147 e. The van der Waals surface area contributed by atoms with E-state index in [1.807, 2.05) is 6.26 Å². The molecule has 1 aromatic heterocycles. The van der Waals surface area contributed by atoms with E-state index >= 15 is 0 Å². The maximum absolute atomic E-state index is 11.3. The molecule has 0 saturated heterocycles. The van der Waals surface area contributed by atoms with Gasteiger partial charge in [0.2, 0.25) is 0 Å². The van der Waals surface area contributed by atoms with Gasteiger partial charge in [0.15, 0.2) is 0 Å². The van der Waals surface area contributed by atoms with Crippen LogP contribution in [0.3, 0.4) is 0 Å². The van der Waals surface area contributed by atoms with E-state index in [1.165, 1.54) is 9.75 Å². The van der Waals surface area contributed by atoms with Crippen molar-refractivity contribution >= 4 is 28.9 Å². The van der Waals surface area contributed by atoms with Gasteiger partial charge in [0.05, 0.1) is 5.75 Å². The number of hydrogen-bond donors (Lipinski definition) is 0. The van der Waals surface area contributed by atoms with Crippen LogP contribution in [0.15, 0.2) is 12.1 Å². The summed E-state index contributed by atoms with van der Waals surface area (Å²) in [7, 11) is 0. The molecule has 1 heterocycles. The van der Waals surface area contributed by atoms with E-state index in [4.69, 9.17) is 0 Å². The predicted molar refractivity (Wildman–Crippen MR) is 60.8 cm³/mol. The number of hydrogen-bond acceptors (Lipinski definition) is 3. The zero-order valence-electron chi connectivity index (χ0n) is 8.00. The molecule has 0 aliphatic carbocycles. The largest absolute Gasteiger partial charge is 0.298 e. The topological polar surface area (TPSA) is 17.1 Å². The molecule has 0 aromatic carbocycles. The average molecular weight is 214 g/mol. The van der Waals surface area contributed by atoms with Gasteiger partial charge in [-0.1, -0.05) is 6.92 Å². The molecule has 0 radical (unpaired) electrons. The summed E-state index contributed by atoms with van der Waals surface area (Å²) in [6, 6.07) is 4.19. The number of rotatable bonds is 5. The van der Waals surface area contributed by atoms with E-state index < -0.39 is 0 Å². The van der Waals surface area contributed by atoms with Crippen LogP contribution < -0.4 is 0 Å². The molecule has 3 heteroatoms. The lowest BCUT2D eigenvalue weighted by atomic mass is 10.2. The van der Waals surface area contributed by atoms with Crippen LogP contribution in [0.1, 0.15) is 16.7 Å². The number of aryl methyl sites for hydroxylation is 1. The third kappa shape index (κ3) is 3.53. The lowest BCUT2D eigenvalue weighted by Gasteiger charge is -1.94. The molecule has 0 unspecified atom stereocenters. The summed E-state index contributed by atoms with van der Waals surface area (Å²) < 4.78 is 0. The van der Waals surface area contributed by atoms with Crippen LogP contribution in [0, 0.1) is 0 Å². The Bertz CT molecular complexity index is 278. The van der Waals surface area contributed by atoms with Crippen LogP contribution >= 0.6 is 23.1 Å². The van der Waals surface area contributed by atoms with E-state index in [2.05, 4.69) is 19.1 Å². The van der Waals surface area contributed by atoms with E-state index in [9.17, 15) is 4.79 Å². The number of thiophene rings is 1. The highest BCUT2D eigenvalue weighted by atomic mass is 32.2. The summed E-state index contributed by atoms with van der Waals surface area (Å²) in [6.07, 6.45) is 3.65. The molecule has 0 bridgehead atoms. The molecule has 0 amide bonds. The van der Waals surface area contributed by atoms with Crippen molar-refractivity contribution in [2.24, 2.45) is 0 Å². The molecule has 0 spiro atoms. The summed E-state index contributed by atoms with van der Waals surface area (Å²) >= 11 is 3.35. The second kappa shape index (κ2) is 5.45. The molecule has 0 N–H and O–H groups in total. The Morgan fingerprint density at radius 3 is 2.69 bits per heavy atom. The fraction of sp³-hybridized carbons (Fsp3) is 0.500. The van der Waals surface area contributed by atoms with Gasteiger partial charge in [-0.3, -0.25) is 4.79 Å². The normalized spacial score (nSPS) is 10.3. The van der Waals surface area contributed by atoms with Crippen molar-refractivity contribution in [2.45, 2.75) is 19.8 Å². The summed E-state index contributed by atoms with van der Waals surface area (Å²) in [5.74, 6) is 0.969. The van der Waals surface area contributed by atoms with Gasteiger partial charge in [0.1, 0.15) is 5.78 Å². The van der Waals surface area contributed by atoms with Crippen molar-refractivity contribution in [1.29, 1.82) is 0 Å².